The Balaban J connectivity index is -0.000000203. The summed E-state index contributed by atoms with van der Waals surface area (Å²) in [5.74, 6) is 1.93. The SMILES string of the molecule is CC(C)(C)OC(=O)NCC1CCC(=O)CC1.CC(C)(C)OC(=O)NCC1CCC(O)CC1.NCC1CCC(O)CC1.O=CC(F)(F)F.O=CC(F)(F)F.[B].[H-].[Na+]. The zero-order valence-corrected chi connectivity index (χ0v) is 35.3. The molecule has 3 rings (SSSR count). The maximum absolute atomic E-state index is 11.4. The summed E-state index contributed by atoms with van der Waals surface area (Å²) in [5, 5.41) is 24.0. The first-order chi connectivity index (χ1) is 24.2. The number of nitrogens with two attached hydrogens (primary N) is 1. The molecular weight excluding hydrogens is 754 g/mol. The molecule has 0 bridgehead atoms. The third kappa shape index (κ3) is 41.5. The molecule has 6 N–H and O–H groups in total. The molecule has 3 saturated carbocycles. The summed E-state index contributed by atoms with van der Waals surface area (Å²) in [6.45, 7) is 13.1. The fraction of sp³-hybridized carbons (Fsp3) is 0.857. The van der Waals surface area contributed by atoms with Crippen molar-refractivity contribution < 1.29 is 101 Å². The molecule has 55 heavy (non-hydrogen) atoms. The molecular formula is C35H62BF6N3NaO9. The Morgan fingerprint density at radius 3 is 1.20 bits per heavy atom. The number of aldehydes is 2. The van der Waals surface area contributed by atoms with Crippen LogP contribution in [0.3, 0.4) is 0 Å². The number of hydrogen-bond donors (Lipinski definition) is 5. The van der Waals surface area contributed by atoms with Crippen molar-refractivity contribution in [3.05, 3.63) is 0 Å². The van der Waals surface area contributed by atoms with E-state index in [1.54, 1.807) is 0 Å². The van der Waals surface area contributed by atoms with E-state index < -0.39 is 36.1 Å². The van der Waals surface area contributed by atoms with Crippen LogP contribution < -0.4 is 45.9 Å². The van der Waals surface area contributed by atoms with Crippen LogP contribution >= 0.6 is 0 Å². The minimum Gasteiger partial charge on any atom is -1.00 e. The second-order valence-corrected chi connectivity index (χ2v) is 15.2. The van der Waals surface area contributed by atoms with Crippen LogP contribution in [0.1, 0.15) is 120 Å². The Labute approximate surface area is 346 Å². The summed E-state index contributed by atoms with van der Waals surface area (Å²) in [6, 6.07) is 0. The number of alkyl carbamates (subject to hydrolysis) is 2. The number of ketones is 1. The van der Waals surface area contributed by atoms with Crippen molar-refractivity contribution in [1.29, 1.82) is 0 Å². The van der Waals surface area contributed by atoms with Crippen LogP contribution in [0, 0.1) is 17.8 Å². The van der Waals surface area contributed by atoms with Crippen LogP contribution in [0.15, 0.2) is 0 Å². The zero-order valence-electron chi connectivity index (χ0n) is 34.3. The molecule has 0 unspecified atom stereocenters. The van der Waals surface area contributed by atoms with Gasteiger partial charge in [-0.25, -0.2) is 9.59 Å². The van der Waals surface area contributed by atoms with Crippen molar-refractivity contribution in [1.82, 2.24) is 10.6 Å². The van der Waals surface area contributed by atoms with Gasteiger partial charge >= 0.3 is 54.1 Å². The Hall–Kier alpha value is -1.93. The van der Waals surface area contributed by atoms with Gasteiger partial charge in [0.2, 0.25) is 12.6 Å². The van der Waals surface area contributed by atoms with Crippen molar-refractivity contribution in [3.8, 4) is 0 Å². The van der Waals surface area contributed by atoms with Gasteiger partial charge in [0.05, 0.1) is 12.2 Å². The van der Waals surface area contributed by atoms with Crippen molar-refractivity contribution in [3.63, 3.8) is 0 Å². The van der Waals surface area contributed by atoms with E-state index in [-0.39, 0.29) is 63.8 Å². The van der Waals surface area contributed by atoms with Crippen LogP contribution in [0.25, 0.3) is 0 Å². The number of carbonyl (C=O) groups excluding carboxylic acids is 5. The second-order valence-electron chi connectivity index (χ2n) is 15.2. The Morgan fingerprint density at radius 1 is 0.673 bits per heavy atom. The second kappa shape index (κ2) is 30.2. The summed E-state index contributed by atoms with van der Waals surface area (Å²) >= 11 is 0. The number of amides is 2. The molecule has 20 heteroatoms. The van der Waals surface area contributed by atoms with Crippen LogP contribution in [-0.2, 0) is 23.9 Å². The van der Waals surface area contributed by atoms with Crippen LogP contribution in [-0.4, -0.2) is 105 Å². The van der Waals surface area contributed by atoms with E-state index in [9.17, 15) is 45.8 Å². The van der Waals surface area contributed by atoms with Crippen LogP contribution in [0.4, 0.5) is 35.9 Å². The number of ether oxygens (including phenoxy) is 2. The number of aliphatic hydroxyl groups is 2. The van der Waals surface area contributed by atoms with Gasteiger partial charge in [0.15, 0.2) is 0 Å². The van der Waals surface area contributed by atoms with Crippen LogP contribution in [0.5, 0.6) is 0 Å². The van der Waals surface area contributed by atoms with Gasteiger partial charge in [-0.15, -0.1) is 0 Å². The molecule has 0 spiro atoms. The smallest absolute Gasteiger partial charge is 1.00 e. The molecule has 3 fully saturated rings. The molecule has 0 atom stereocenters. The zero-order chi connectivity index (χ0) is 41.5. The average molecular weight is 817 g/mol. The summed E-state index contributed by atoms with van der Waals surface area (Å²) in [7, 11) is 0. The molecule has 0 aliphatic heterocycles. The van der Waals surface area contributed by atoms with E-state index in [0.717, 1.165) is 70.8 Å². The van der Waals surface area contributed by atoms with Gasteiger partial charge in [0.25, 0.3) is 0 Å². The topological polar surface area (TPSA) is 194 Å². The molecule has 12 nitrogen and oxygen atoms in total. The van der Waals surface area contributed by atoms with E-state index in [1.165, 1.54) is 0 Å². The third-order valence-electron chi connectivity index (χ3n) is 7.76. The van der Waals surface area contributed by atoms with Gasteiger partial charge in [0, 0.05) is 34.3 Å². The largest absolute Gasteiger partial charge is 1.00 e. The fourth-order valence-corrected chi connectivity index (χ4v) is 5.02. The molecule has 0 aromatic rings. The number of hydrogen-bond acceptors (Lipinski definition) is 10. The van der Waals surface area contributed by atoms with Gasteiger partial charge in [-0.3, -0.25) is 14.4 Å². The summed E-state index contributed by atoms with van der Waals surface area (Å²) in [6.07, 6.45) is -1.40. The fourth-order valence-electron chi connectivity index (χ4n) is 5.02. The molecule has 317 valence electrons. The maximum atomic E-state index is 11.4. The number of alkyl halides is 6. The quantitative estimate of drug-likeness (QED) is 0.157. The first-order valence-electron chi connectivity index (χ1n) is 17.8. The number of nitrogens with one attached hydrogen (secondary N) is 2. The Kier molecular flexibility index (Phi) is 32.8. The number of Topliss-reactive ketones (excluding diaryl/α,β-unsaturated/α-hetero) is 1. The first-order valence-corrected chi connectivity index (χ1v) is 17.8. The van der Waals surface area contributed by atoms with Gasteiger partial charge in [0.1, 0.15) is 17.0 Å². The average Bonchev–Trinajstić information content (AvgIpc) is 3.03. The van der Waals surface area contributed by atoms with Crippen molar-refractivity contribution in [2.45, 2.75) is 154 Å². The molecule has 0 saturated heterocycles. The van der Waals surface area contributed by atoms with Gasteiger partial charge in [-0.05, 0) is 130 Å². The normalized spacial score (nSPS) is 21.4. The third-order valence-corrected chi connectivity index (χ3v) is 7.76. The predicted octanol–water partition coefficient (Wildman–Crippen LogP) is 3.06. The van der Waals surface area contributed by atoms with E-state index in [4.69, 9.17) is 29.9 Å². The van der Waals surface area contributed by atoms with E-state index in [1.807, 2.05) is 41.5 Å². The number of rotatable bonds is 5. The molecule has 0 aromatic heterocycles. The number of aliphatic hydroxyl groups excluding tert-OH is 2. The Bertz CT molecular complexity index is 1040. The molecule has 0 heterocycles. The minimum absolute atomic E-state index is 0. The number of halogens is 6. The van der Waals surface area contributed by atoms with Crippen molar-refractivity contribution in [2.24, 2.45) is 23.5 Å². The predicted molar refractivity (Wildman–Crippen MR) is 192 cm³/mol. The van der Waals surface area contributed by atoms with Gasteiger partial charge in [-0.1, -0.05) is 0 Å². The number of carbonyl (C=O) groups is 5. The first kappa shape index (κ1) is 59.8. The monoisotopic (exact) mass is 816 g/mol. The van der Waals surface area contributed by atoms with E-state index in [0.29, 0.717) is 49.5 Å². The molecule has 3 aliphatic rings. The minimum atomic E-state index is -4.64. The van der Waals surface area contributed by atoms with Gasteiger partial charge in [-0.2, -0.15) is 26.3 Å². The summed E-state index contributed by atoms with van der Waals surface area (Å²) in [5.41, 5.74) is 4.58. The van der Waals surface area contributed by atoms with Crippen molar-refractivity contribution in [2.75, 3.05) is 19.6 Å². The maximum Gasteiger partial charge on any atom is 1.00 e. The van der Waals surface area contributed by atoms with Crippen LogP contribution in [0.2, 0.25) is 0 Å². The summed E-state index contributed by atoms with van der Waals surface area (Å²) < 4.78 is 72.8. The van der Waals surface area contributed by atoms with Gasteiger partial charge < -0.3 is 37.5 Å². The molecule has 0 aromatic carbocycles. The van der Waals surface area contributed by atoms with E-state index in [2.05, 4.69) is 10.6 Å². The molecule has 3 aliphatic carbocycles. The van der Waals surface area contributed by atoms with Crippen molar-refractivity contribution >= 4 is 39.0 Å². The standard InChI is InChI=1S/C12H23NO3.C12H21NO3.C7H15NO.2C2HF3O.B.Na.H/c2*1-12(2,3)16-11(15)13-8-9-4-6-10(14)7-5-9;8-5-6-1-3-7(9)4-2-6;2*3-2(4,5)1-6;;;/h9-10,14H,4-8H2,1-3H3,(H,13,15);9H,4-8H2,1-3H3,(H,13,15);6-7,9H,1-5,8H2;2*1H;;;/q;;;;;;+1;-1. The molecule has 3 radical (unpaired) electrons. The summed E-state index contributed by atoms with van der Waals surface area (Å²) in [4.78, 5) is 51.2. The van der Waals surface area contributed by atoms with E-state index >= 15 is 0 Å². The molecule has 2 amide bonds. The Morgan fingerprint density at radius 2 is 0.945 bits per heavy atom.